The Labute approximate surface area is 116 Å². The summed E-state index contributed by atoms with van der Waals surface area (Å²) in [5.74, 6) is 0.218. The molecular formula is C15H28N2O2. The molecule has 0 aromatic carbocycles. The van der Waals surface area contributed by atoms with E-state index in [4.69, 9.17) is 0 Å². The molecule has 2 amide bonds. The molecule has 19 heavy (non-hydrogen) atoms. The van der Waals surface area contributed by atoms with Gasteiger partial charge in [0.1, 0.15) is 0 Å². The number of rotatable bonds is 6. The van der Waals surface area contributed by atoms with Crippen LogP contribution >= 0.6 is 0 Å². The predicted octanol–water partition coefficient (Wildman–Crippen LogP) is 2.53. The zero-order valence-corrected chi connectivity index (χ0v) is 12.3. The van der Waals surface area contributed by atoms with Crippen molar-refractivity contribution in [1.82, 2.24) is 10.2 Å². The fourth-order valence-electron chi connectivity index (χ4n) is 2.53. The van der Waals surface area contributed by atoms with Gasteiger partial charge in [0.2, 0.25) is 0 Å². The number of hydrogen-bond donors (Lipinski definition) is 2. The van der Waals surface area contributed by atoms with Gasteiger partial charge in [0.05, 0.1) is 6.10 Å². The van der Waals surface area contributed by atoms with E-state index in [0.29, 0.717) is 6.54 Å². The largest absolute Gasteiger partial charge is 0.393 e. The fraction of sp³-hybridized carbons (Fsp3) is 0.800. The van der Waals surface area contributed by atoms with Crippen molar-refractivity contribution in [3.63, 3.8) is 0 Å². The van der Waals surface area contributed by atoms with E-state index in [1.807, 2.05) is 24.8 Å². The van der Waals surface area contributed by atoms with E-state index < -0.39 is 0 Å². The number of nitrogens with zero attached hydrogens (tertiary/aromatic N) is 1. The van der Waals surface area contributed by atoms with Gasteiger partial charge in [-0.15, -0.1) is 6.58 Å². The van der Waals surface area contributed by atoms with E-state index in [9.17, 15) is 9.90 Å². The van der Waals surface area contributed by atoms with Crippen molar-refractivity contribution in [2.45, 2.75) is 58.1 Å². The second-order valence-electron chi connectivity index (χ2n) is 5.66. The molecular weight excluding hydrogens is 240 g/mol. The van der Waals surface area contributed by atoms with E-state index in [2.05, 4.69) is 11.9 Å². The van der Waals surface area contributed by atoms with Gasteiger partial charge in [-0.2, -0.15) is 0 Å². The summed E-state index contributed by atoms with van der Waals surface area (Å²) in [7, 11) is 0. The van der Waals surface area contributed by atoms with Crippen molar-refractivity contribution in [2.24, 2.45) is 5.92 Å². The lowest BCUT2D eigenvalue weighted by molar-refractivity contribution is 0.0734. The summed E-state index contributed by atoms with van der Waals surface area (Å²) in [5.41, 5.74) is 0. The quantitative estimate of drug-likeness (QED) is 0.574. The topological polar surface area (TPSA) is 52.6 Å². The van der Waals surface area contributed by atoms with Crippen LogP contribution in [0, 0.1) is 5.92 Å². The van der Waals surface area contributed by atoms with Gasteiger partial charge < -0.3 is 15.3 Å². The van der Waals surface area contributed by atoms with Gasteiger partial charge in [-0.3, -0.25) is 0 Å². The molecule has 1 saturated heterocycles. The lowest BCUT2D eigenvalue weighted by atomic mass is 9.94. The van der Waals surface area contributed by atoms with Crippen LogP contribution in [0.25, 0.3) is 0 Å². The maximum Gasteiger partial charge on any atom is 0.317 e. The molecule has 1 fully saturated rings. The Bertz CT molecular complexity index is 292. The molecule has 2 N–H and O–H groups in total. The predicted molar refractivity (Wildman–Crippen MR) is 78.0 cm³/mol. The van der Waals surface area contributed by atoms with Crippen LogP contribution in [0.4, 0.5) is 4.79 Å². The Balaban J connectivity index is 2.33. The average molecular weight is 268 g/mol. The summed E-state index contributed by atoms with van der Waals surface area (Å²) in [4.78, 5) is 14.0. The summed E-state index contributed by atoms with van der Waals surface area (Å²) in [6.07, 6.45) is 6.60. The normalized spacial score (nSPS) is 22.7. The van der Waals surface area contributed by atoms with Crippen molar-refractivity contribution in [3.8, 4) is 0 Å². The highest BCUT2D eigenvalue weighted by Crippen LogP contribution is 2.19. The number of likely N-dealkylation sites (tertiary alicyclic amines) is 1. The fourth-order valence-corrected chi connectivity index (χ4v) is 2.53. The van der Waals surface area contributed by atoms with Crippen LogP contribution < -0.4 is 5.32 Å². The Morgan fingerprint density at radius 1 is 1.58 bits per heavy atom. The molecule has 3 unspecified atom stereocenters. The number of urea groups is 1. The molecule has 1 heterocycles. The summed E-state index contributed by atoms with van der Waals surface area (Å²) < 4.78 is 0. The van der Waals surface area contributed by atoms with Crippen molar-refractivity contribution in [1.29, 1.82) is 0 Å². The number of nitrogens with one attached hydrogen (secondary N) is 1. The van der Waals surface area contributed by atoms with Crippen molar-refractivity contribution in [2.75, 3.05) is 13.1 Å². The monoisotopic (exact) mass is 268 g/mol. The van der Waals surface area contributed by atoms with Gasteiger partial charge in [-0.25, -0.2) is 4.79 Å². The highest BCUT2D eigenvalue weighted by Gasteiger charge is 2.26. The molecule has 4 heteroatoms. The first-order valence-corrected chi connectivity index (χ1v) is 7.39. The van der Waals surface area contributed by atoms with E-state index in [1.165, 1.54) is 0 Å². The molecule has 0 aromatic heterocycles. The Morgan fingerprint density at radius 3 is 2.95 bits per heavy atom. The molecule has 0 bridgehead atoms. The number of amides is 2. The molecule has 3 atom stereocenters. The lowest BCUT2D eigenvalue weighted by Gasteiger charge is -2.34. The third kappa shape index (κ3) is 5.64. The van der Waals surface area contributed by atoms with Crippen molar-refractivity contribution >= 4 is 6.03 Å². The Kier molecular flexibility index (Phi) is 6.92. The molecule has 0 radical (unpaired) electrons. The molecule has 1 rings (SSSR count). The molecule has 0 saturated carbocycles. The van der Waals surface area contributed by atoms with Gasteiger partial charge in [-0.1, -0.05) is 6.08 Å². The van der Waals surface area contributed by atoms with Gasteiger partial charge in [0.15, 0.2) is 0 Å². The minimum absolute atomic E-state index is 0.0106. The Hall–Kier alpha value is -1.03. The first kappa shape index (κ1) is 16.0. The first-order chi connectivity index (χ1) is 9.04. The summed E-state index contributed by atoms with van der Waals surface area (Å²) in [6.45, 7) is 9.02. The van der Waals surface area contributed by atoms with Crippen LogP contribution in [0.2, 0.25) is 0 Å². The second-order valence-corrected chi connectivity index (χ2v) is 5.66. The standard InChI is InChI=1S/C15H28N2O2/c1-4-5-6-8-12(2)16-15(19)17-10-7-9-14(11-17)13(3)18/h4,12-14,18H,1,5-11H2,2-3H3,(H,16,19). The number of unbranched alkanes of at least 4 members (excludes halogenated alkanes) is 1. The minimum Gasteiger partial charge on any atom is -0.393 e. The zero-order valence-electron chi connectivity index (χ0n) is 12.3. The molecule has 0 spiro atoms. The molecule has 0 aromatic rings. The second kappa shape index (κ2) is 8.20. The maximum absolute atomic E-state index is 12.1. The third-order valence-electron chi connectivity index (χ3n) is 3.84. The smallest absolute Gasteiger partial charge is 0.317 e. The lowest BCUT2D eigenvalue weighted by Crippen LogP contribution is -2.49. The molecule has 4 nitrogen and oxygen atoms in total. The molecule has 0 aliphatic carbocycles. The SMILES string of the molecule is C=CCCCC(C)NC(=O)N1CCCC(C(C)O)C1. The summed E-state index contributed by atoms with van der Waals surface area (Å²) in [5, 5.41) is 12.7. The average Bonchev–Trinajstić information content (AvgIpc) is 2.39. The molecule has 1 aliphatic heterocycles. The summed E-state index contributed by atoms with van der Waals surface area (Å²) in [6, 6.07) is 0.204. The first-order valence-electron chi connectivity index (χ1n) is 7.39. The highest BCUT2D eigenvalue weighted by atomic mass is 16.3. The third-order valence-corrected chi connectivity index (χ3v) is 3.84. The van der Waals surface area contributed by atoms with E-state index in [0.717, 1.165) is 38.6 Å². The van der Waals surface area contributed by atoms with Gasteiger partial charge in [0, 0.05) is 25.0 Å². The van der Waals surface area contributed by atoms with Crippen LogP contribution in [-0.2, 0) is 0 Å². The minimum atomic E-state index is -0.333. The van der Waals surface area contributed by atoms with Crippen LogP contribution in [0.15, 0.2) is 12.7 Å². The number of carbonyl (C=O) groups excluding carboxylic acids is 1. The maximum atomic E-state index is 12.1. The number of piperidine rings is 1. The number of hydrogen-bond acceptors (Lipinski definition) is 2. The molecule has 110 valence electrons. The van der Waals surface area contributed by atoms with E-state index in [-0.39, 0.29) is 24.1 Å². The Morgan fingerprint density at radius 2 is 2.32 bits per heavy atom. The van der Waals surface area contributed by atoms with Crippen LogP contribution in [0.5, 0.6) is 0 Å². The number of allylic oxidation sites excluding steroid dienone is 1. The van der Waals surface area contributed by atoms with Crippen molar-refractivity contribution < 1.29 is 9.90 Å². The van der Waals surface area contributed by atoms with E-state index in [1.54, 1.807) is 0 Å². The van der Waals surface area contributed by atoms with Crippen LogP contribution in [0.3, 0.4) is 0 Å². The number of carbonyl (C=O) groups is 1. The summed E-state index contributed by atoms with van der Waals surface area (Å²) >= 11 is 0. The van der Waals surface area contributed by atoms with E-state index >= 15 is 0 Å². The van der Waals surface area contributed by atoms with Gasteiger partial charge in [0.25, 0.3) is 0 Å². The highest BCUT2D eigenvalue weighted by molar-refractivity contribution is 5.74. The van der Waals surface area contributed by atoms with Crippen molar-refractivity contribution in [3.05, 3.63) is 12.7 Å². The number of aliphatic hydroxyl groups is 1. The zero-order chi connectivity index (χ0) is 14.3. The van der Waals surface area contributed by atoms with Crippen LogP contribution in [0.1, 0.15) is 46.0 Å². The number of aliphatic hydroxyl groups excluding tert-OH is 1. The van der Waals surface area contributed by atoms with Crippen LogP contribution in [-0.4, -0.2) is 41.3 Å². The van der Waals surface area contributed by atoms with Gasteiger partial charge in [-0.05, 0) is 46.0 Å². The molecule has 1 aliphatic rings. The van der Waals surface area contributed by atoms with Gasteiger partial charge >= 0.3 is 6.03 Å².